The molecule has 3 rings (SSSR count). The third-order valence-corrected chi connectivity index (χ3v) is 5.55. The molecule has 0 aliphatic carbocycles. The zero-order chi connectivity index (χ0) is 20.1. The van der Waals surface area contributed by atoms with Crippen molar-refractivity contribution in [2.45, 2.75) is 32.4 Å². The molecule has 1 fully saturated rings. The highest BCUT2D eigenvalue weighted by molar-refractivity contribution is 5.80. The molecule has 1 heterocycles. The molecule has 28 heavy (non-hydrogen) atoms. The molecule has 0 bridgehead atoms. The number of aliphatic hydroxyl groups excluding tert-OH is 1. The van der Waals surface area contributed by atoms with Crippen LogP contribution in [0.15, 0.2) is 54.6 Å². The van der Waals surface area contributed by atoms with E-state index in [9.17, 15) is 19.8 Å². The number of likely N-dealkylation sites (tertiary alicyclic amines) is 1. The number of aryl methyl sites for hydroxylation is 1. The maximum atomic E-state index is 12.7. The number of nitrogens with zero attached hydrogens (tertiary/aromatic N) is 1. The van der Waals surface area contributed by atoms with Gasteiger partial charge in [-0.25, -0.2) is 4.79 Å². The van der Waals surface area contributed by atoms with Crippen LogP contribution < -0.4 is 5.32 Å². The van der Waals surface area contributed by atoms with Crippen molar-refractivity contribution >= 4 is 12.0 Å². The molecule has 2 aromatic rings. The number of benzene rings is 2. The minimum Gasteiger partial charge on any atom is -0.481 e. The number of amides is 2. The van der Waals surface area contributed by atoms with Crippen LogP contribution in [0, 0.1) is 12.3 Å². The Morgan fingerprint density at radius 2 is 1.82 bits per heavy atom. The second-order valence-corrected chi connectivity index (χ2v) is 7.43. The summed E-state index contributed by atoms with van der Waals surface area (Å²) in [5.74, 6) is -1.08. The molecule has 6 heteroatoms. The third-order valence-electron chi connectivity index (χ3n) is 5.55. The molecule has 0 spiro atoms. The molecule has 3 N–H and O–H groups in total. The average molecular weight is 382 g/mol. The molecular formula is C22H26N2O4. The van der Waals surface area contributed by atoms with Crippen LogP contribution in [0.4, 0.5) is 4.79 Å². The van der Waals surface area contributed by atoms with E-state index in [1.54, 1.807) is 0 Å². The first-order valence-corrected chi connectivity index (χ1v) is 9.45. The van der Waals surface area contributed by atoms with Crippen molar-refractivity contribution in [1.82, 2.24) is 10.2 Å². The van der Waals surface area contributed by atoms with Gasteiger partial charge in [0.15, 0.2) is 0 Å². The molecule has 1 saturated heterocycles. The Kier molecular flexibility index (Phi) is 5.99. The molecule has 2 aromatic carbocycles. The minimum absolute atomic E-state index is 0.0298. The zero-order valence-corrected chi connectivity index (χ0v) is 16.0. The number of hydrogen-bond donors (Lipinski definition) is 3. The van der Waals surface area contributed by atoms with Crippen molar-refractivity contribution in [3.05, 3.63) is 71.3 Å². The molecule has 1 aliphatic rings. The van der Waals surface area contributed by atoms with Gasteiger partial charge in [-0.2, -0.15) is 0 Å². The van der Waals surface area contributed by atoms with Crippen molar-refractivity contribution in [1.29, 1.82) is 0 Å². The van der Waals surface area contributed by atoms with E-state index in [0.717, 1.165) is 16.7 Å². The highest BCUT2D eigenvalue weighted by atomic mass is 16.4. The summed E-state index contributed by atoms with van der Waals surface area (Å²) in [7, 11) is 0. The summed E-state index contributed by atoms with van der Waals surface area (Å²) < 4.78 is 0. The number of urea groups is 1. The Hall–Kier alpha value is -2.86. The zero-order valence-electron chi connectivity index (χ0n) is 16.0. The van der Waals surface area contributed by atoms with Crippen LogP contribution in [-0.4, -0.2) is 46.3 Å². The van der Waals surface area contributed by atoms with E-state index >= 15 is 0 Å². The lowest BCUT2D eigenvalue weighted by atomic mass is 9.73. The summed E-state index contributed by atoms with van der Waals surface area (Å²) in [4.78, 5) is 26.4. The normalized spacial score (nSPS) is 21.9. The fraction of sp³-hybridized carbons (Fsp3) is 0.364. The predicted molar refractivity (Wildman–Crippen MR) is 106 cm³/mol. The van der Waals surface area contributed by atoms with Gasteiger partial charge in [0.25, 0.3) is 0 Å². The van der Waals surface area contributed by atoms with E-state index in [1.807, 2.05) is 61.5 Å². The monoisotopic (exact) mass is 382 g/mol. The van der Waals surface area contributed by atoms with E-state index < -0.39 is 17.5 Å². The summed E-state index contributed by atoms with van der Waals surface area (Å²) in [6, 6.07) is 16.7. The first-order chi connectivity index (χ1) is 13.4. The maximum Gasteiger partial charge on any atom is 0.317 e. The number of nitrogens with one attached hydrogen (secondary N) is 1. The summed E-state index contributed by atoms with van der Waals surface area (Å²) >= 11 is 0. The summed E-state index contributed by atoms with van der Waals surface area (Å²) in [6.45, 7) is 2.65. The average Bonchev–Trinajstić information content (AvgIpc) is 2.69. The number of aliphatic hydroxyl groups is 1. The van der Waals surface area contributed by atoms with Crippen molar-refractivity contribution in [2.24, 2.45) is 5.41 Å². The fourth-order valence-corrected chi connectivity index (χ4v) is 3.76. The van der Waals surface area contributed by atoms with Gasteiger partial charge in [0.1, 0.15) is 5.41 Å². The van der Waals surface area contributed by atoms with Crippen molar-refractivity contribution < 1.29 is 19.8 Å². The molecule has 2 amide bonds. The van der Waals surface area contributed by atoms with E-state index in [2.05, 4.69) is 5.32 Å². The van der Waals surface area contributed by atoms with Gasteiger partial charge in [0, 0.05) is 19.6 Å². The topological polar surface area (TPSA) is 89.9 Å². The molecule has 0 aromatic heterocycles. The molecule has 6 nitrogen and oxygen atoms in total. The van der Waals surface area contributed by atoms with Crippen LogP contribution in [0.2, 0.25) is 0 Å². The summed E-state index contributed by atoms with van der Waals surface area (Å²) in [5, 5.41) is 23.4. The number of rotatable bonds is 5. The summed E-state index contributed by atoms with van der Waals surface area (Å²) in [6.07, 6.45) is -0.603. The smallest absolute Gasteiger partial charge is 0.317 e. The first-order valence-electron chi connectivity index (χ1n) is 9.45. The van der Waals surface area contributed by atoms with Crippen LogP contribution in [0.5, 0.6) is 0 Å². The van der Waals surface area contributed by atoms with Gasteiger partial charge < -0.3 is 20.4 Å². The highest BCUT2D eigenvalue weighted by Crippen LogP contribution is 2.34. The van der Waals surface area contributed by atoms with E-state index in [1.165, 1.54) is 4.90 Å². The number of carbonyl (C=O) groups is 2. The second-order valence-electron chi connectivity index (χ2n) is 7.43. The van der Waals surface area contributed by atoms with Gasteiger partial charge in [-0.3, -0.25) is 4.79 Å². The summed E-state index contributed by atoms with van der Waals surface area (Å²) in [5.41, 5.74) is 1.51. The number of carboxylic acids is 1. The van der Waals surface area contributed by atoms with Crippen LogP contribution in [-0.2, 0) is 17.8 Å². The Morgan fingerprint density at radius 3 is 2.50 bits per heavy atom. The predicted octanol–water partition coefficient (Wildman–Crippen LogP) is 2.58. The number of hydrogen-bond acceptors (Lipinski definition) is 3. The Bertz CT molecular complexity index is 839. The SMILES string of the molecule is Cc1ccccc1CNC(=O)N1CC[C@H](O)[C@](Cc2ccccc2)(C(=O)O)C1. The lowest BCUT2D eigenvalue weighted by molar-refractivity contribution is -0.161. The Balaban J connectivity index is 1.73. The van der Waals surface area contributed by atoms with E-state index in [0.29, 0.717) is 13.1 Å². The van der Waals surface area contributed by atoms with Gasteiger partial charge in [-0.05, 0) is 36.5 Å². The molecule has 0 saturated carbocycles. The van der Waals surface area contributed by atoms with Gasteiger partial charge in [0.2, 0.25) is 0 Å². The van der Waals surface area contributed by atoms with Crippen molar-refractivity contribution in [3.63, 3.8) is 0 Å². The molecule has 148 valence electrons. The third kappa shape index (κ3) is 4.17. The molecule has 2 atom stereocenters. The maximum absolute atomic E-state index is 12.7. The highest BCUT2D eigenvalue weighted by Gasteiger charge is 2.50. The number of piperidine rings is 1. The molecule has 0 radical (unpaired) electrons. The molecule has 0 unspecified atom stereocenters. The molecular weight excluding hydrogens is 356 g/mol. The van der Waals surface area contributed by atoms with E-state index in [4.69, 9.17) is 0 Å². The standard InChI is InChI=1S/C22H26N2O4/c1-16-7-5-6-10-18(16)14-23-21(28)24-12-11-19(25)22(15-24,20(26)27)13-17-8-3-2-4-9-17/h2-10,19,25H,11-15H2,1H3,(H,23,28)(H,26,27)/t19-,22+/m0/s1. The van der Waals surface area contributed by atoms with Crippen LogP contribution in [0.3, 0.4) is 0 Å². The lowest BCUT2D eigenvalue weighted by Gasteiger charge is -2.43. The van der Waals surface area contributed by atoms with Gasteiger partial charge in [0.05, 0.1) is 6.10 Å². The Morgan fingerprint density at radius 1 is 1.14 bits per heavy atom. The number of aliphatic carboxylic acids is 1. The molecule has 1 aliphatic heterocycles. The van der Waals surface area contributed by atoms with Gasteiger partial charge in [-0.1, -0.05) is 54.6 Å². The van der Waals surface area contributed by atoms with Crippen molar-refractivity contribution in [3.8, 4) is 0 Å². The number of carbonyl (C=O) groups excluding carboxylic acids is 1. The first kappa shape index (κ1) is 19.9. The van der Waals surface area contributed by atoms with Crippen LogP contribution >= 0.6 is 0 Å². The van der Waals surface area contributed by atoms with Gasteiger partial charge >= 0.3 is 12.0 Å². The second kappa shape index (κ2) is 8.44. The Labute approximate surface area is 164 Å². The lowest BCUT2D eigenvalue weighted by Crippen LogP contribution is -2.59. The van der Waals surface area contributed by atoms with Crippen molar-refractivity contribution in [2.75, 3.05) is 13.1 Å². The van der Waals surface area contributed by atoms with Gasteiger partial charge in [-0.15, -0.1) is 0 Å². The number of carboxylic acid groups (broad SMARTS) is 1. The van der Waals surface area contributed by atoms with Crippen LogP contribution in [0.1, 0.15) is 23.1 Å². The minimum atomic E-state index is -1.42. The fourth-order valence-electron chi connectivity index (χ4n) is 3.76. The quantitative estimate of drug-likeness (QED) is 0.741. The largest absolute Gasteiger partial charge is 0.481 e. The van der Waals surface area contributed by atoms with E-state index in [-0.39, 0.29) is 25.4 Å². The van der Waals surface area contributed by atoms with Crippen LogP contribution in [0.25, 0.3) is 0 Å².